The summed E-state index contributed by atoms with van der Waals surface area (Å²) in [7, 11) is 0. The number of carbonyl (C=O) groups excluding carboxylic acids is 1. The van der Waals surface area contributed by atoms with Gasteiger partial charge in [-0.25, -0.2) is 9.48 Å². The molecule has 2 rings (SSSR count). The van der Waals surface area contributed by atoms with Crippen molar-refractivity contribution in [2.24, 2.45) is 0 Å². The number of nitrogens with one attached hydrogen (secondary N) is 1. The van der Waals surface area contributed by atoms with Crippen LogP contribution in [0.5, 0.6) is 0 Å². The topological polar surface area (TPSA) is 101 Å². The Morgan fingerprint density at radius 1 is 1.31 bits per heavy atom. The van der Waals surface area contributed by atoms with Gasteiger partial charge in [0.2, 0.25) is 5.91 Å². The van der Waals surface area contributed by atoms with Crippen LogP contribution in [0.3, 0.4) is 0 Å². The number of rotatable bonds is 8. The molecule has 1 heterocycles. The van der Waals surface area contributed by atoms with Gasteiger partial charge in [0.1, 0.15) is 12.6 Å². The molecule has 9 heteroatoms. The average molecular weight is 396 g/mol. The van der Waals surface area contributed by atoms with Crippen molar-refractivity contribution in [1.29, 1.82) is 0 Å². The summed E-state index contributed by atoms with van der Waals surface area (Å²) in [6, 6.07) is 8.83. The van der Waals surface area contributed by atoms with Gasteiger partial charge in [0.05, 0.1) is 10.7 Å². The quantitative estimate of drug-likeness (QED) is 0.707. The molecule has 0 fully saturated rings. The molecule has 0 bridgehead atoms. The van der Waals surface area contributed by atoms with E-state index in [0.29, 0.717) is 28.5 Å². The molecular formula is C17H18ClN3O4S. The Balaban J connectivity index is 2.17. The molecule has 7 nitrogen and oxygen atoms in total. The lowest BCUT2D eigenvalue weighted by atomic mass is 10.1. The highest BCUT2D eigenvalue weighted by molar-refractivity contribution is 7.98. The summed E-state index contributed by atoms with van der Waals surface area (Å²) in [5.74, 6) is -1.11. The predicted molar refractivity (Wildman–Crippen MR) is 102 cm³/mol. The van der Waals surface area contributed by atoms with Crippen molar-refractivity contribution in [2.45, 2.75) is 19.0 Å². The normalized spacial score (nSPS) is 11.8. The van der Waals surface area contributed by atoms with Crippen molar-refractivity contribution in [3.8, 4) is 11.3 Å². The van der Waals surface area contributed by atoms with Gasteiger partial charge in [-0.3, -0.25) is 9.59 Å². The van der Waals surface area contributed by atoms with Gasteiger partial charge >= 0.3 is 5.97 Å². The van der Waals surface area contributed by atoms with E-state index in [0.717, 1.165) is 4.68 Å². The maximum Gasteiger partial charge on any atom is 0.326 e. The highest BCUT2D eigenvalue weighted by Gasteiger charge is 2.20. The van der Waals surface area contributed by atoms with Crippen molar-refractivity contribution in [1.82, 2.24) is 15.1 Å². The summed E-state index contributed by atoms with van der Waals surface area (Å²) < 4.78 is 0.988. The number of carbonyl (C=O) groups is 2. The Morgan fingerprint density at radius 2 is 2.04 bits per heavy atom. The summed E-state index contributed by atoms with van der Waals surface area (Å²) in [6.45, 7) is -0.375. The van der Waals surface area contributed by atoms with Gasteiger partial charge < -0.3 is 10.4 Å². The highest BCUT2D eigenvalue weighted by Crippen LogP contribution is 2.24. The first-order chi connectivity index (χ1) is 12.4. The second-order valence-electron chi connectivity index (χ2n) is 5.43. The molecule has 1 aromatic heterocycles. The predicted octanol–water partition coefficient (Wildman–Crippen LogP) is 1.89. The molecule has 1 unspecified atom stereocenters. The van der Waals surface area contributed by atoms with Crippen LogP contribution in [0.2, 0.25) is 5.02 Å². The van der Waals surface area contributed by atoms with Crippen molar-refractivity contribution in [3.05, 3.63) is 51.8 Å². The molecule has 0 aliphatic rings. The Morgan fingerprint density at radius 3 is 2.69 bits per heavy atom. The number of amides is 1. The summed E-state index contributed by atoms with van der Waals surface area (Å²) in [5, 5.41) is 16.2. The largest absolute Gasteiger partial charge is 0.480 e. The summed E-state index contributed by atoms with van der Waals surface area (Å²) in [6.07, 6.45) is 2.15. The lowest BCUT2D eigenvalue weighted by molar-refractivity contribution is -0.142. The van der Waals surface area contributed by atoms with E-state index in [9.17, 15) is 14.4 Å². The zero-order valence-corrected chi connectivity index (χ0v) is 15.6. The summed E-state index contributed by atoms with van der Waals surface area (Å²) in [5.41, 5.74) is 0.610. The van der Waals surface area contributed by atoms with Crippen LogP contribution in [-0.4, -0.2) is 44.8 Å². The Hall–Kier alpha value is -2.32. The lowest BCUT2D eigenvalue weighted by Crippen LogP contribution is -2.44. The third-order valence-electron chi connectivity index (χ3n) is 3.55. The van der Waals surface area contributed by atoms with Crippen LogP contribution in [0.1, 0.15) is 6.42 Å². The molecule has 0 aliphatic carbocycles. The minimum Gasteiger partial charge on any atom is -0.480 e. The van der Waals surface area contributed by atoms with Gasteiger partial charge in [0, 0.05) is 11.6 Å². The number of aromatic nitrogens is 2. The Labute approximate surface area is 159 Å². The molecule has 26 heavy (non-hydrogen) atoms. The number of nitrogens with zero attached hydrogens (tertiary/aromatic N) is 2. The molecule has 0 spiro atoms. The van der Waals surface area contributed by atoms with Crippen LogP contribution in [-0.2, 0) is 16.1 Å². The van der Waals surface area contributed by atoms with Crippen LogP contribution in [0.4, 0.5) is 0 Å². The van der Waals surface area contributed by atoms with Gasteiger partial charge in [0.25, 0.3) is 5.56 Å². The summed E-state index contributed by atoms with van der Waals surface area (Å²) >= 11 is 7.62. The van der Waals surface area contributed by atoms with Gasteiger partial charge in [-0.05, 0) is 30.6 Å². The number of halogens is 1. The smallest absolute Gasteiger partial charge is 0.326 e. The molecule has 0 radical (unpaired) electrons. The van der Waals surface area contributed by atoms with Gasteiger partial charge in [0.15, 0.2) is 0 Å². The minimum absolute atomic E-state index is 0.296. The van der Waals surface area contributed by atoms with Crippen molar-refractivity contribution in [2.75, 3.05) is 12.0 Å². The van der Waals surface area contributed by atoms with Crippen molar-refractivity contribution < 1.29 is 14.7 Å². The van der Waals surface area contributed by atoms with E-state index in [2.05, 4.69) is 10.4 Å². The molecule has 2 N–H and O–H groups in total. The minimum atomic E-state index is -1.11. The van der Waals surface area contributed by atoms with E-state index in [1.54, 1.807) is 24.3 Å². The second-order valence-corrected chi connectivity index (χ2v) is 6.83. The van der Waals surface area contributed by atoms with E-state index in [4.69, 9.17) is 16.7 Å². The molecular weight excluding hydrogens is 378 g/mol. The van der Waals surface area contributed by atoms with E-state index < -0.39 is 23.5 Å². The Kier molecular flexibility index (Phi) is 7.23. The number of hydrogen-bond acceptors (Lipinski definition) is 5. The fourth-order valence-corrected chi connectivity index (χ4v) is 2.95. The van der Waals surface area contributed by atoms with Crippen LogP contribution in [0.15, 0.2) is 41.2 Å². The molecule has 1 aromatic carbocycles. The van der Waals surface area contributed by atoms with Crippen molar-refractivity contribution >= 4 is 35.2 Å². The average Bonchev–Trinajstić information content (AvgIpc) is 2.61. The lowest BCUT2D eigenvalue weighted by Gasteiger charge is -2.14. The van der Waals surface area contributed by atoms with Crippen LogP contribution in [0.25, 0.3) is 11.3 Å². The number of carboxylic acids is 1. The Bertz CT molecular complexity index is 856. The molecule has 2 aromatic rings. The van der Waals surface area contributed by atoms with E-state index >= 15 is 0 Å². The van der Waals surface area contributed by atoms with Crippen LogP contribution in [0, 0.1) is 0 Å². The van der Waals surface area contributed by atoms with Gasteiger partial charge in [-0.1, -0.05) is 29.8 Å². The first-order valence-corrected chi connectivity index (χ1v) is 9.53. The fourth-order valence-electron chi connectivity index (χ4n) is 2.24. The number of aliphatic carboxylic acids is 1. The summed E-state index contributed by atoms with van der Waals surface area (Å²) in [4.78, 5) is 35.3. The van der Waals surface area contributed by atoms with Gasteiger partial charge in [-0.2, -0.15) is 16.9 Å². The maximum atomic E-state index is 12.2. The SMILES string of the molecule is CSCCC(NC(=O)Cn1nc(-c2ccccc2Cl)ccc1=O)C(=O)O. The molecule has 1 amide bonds. The zero-order chi connectivity index (χ0) is 19.1. The molecule has 0 aliphatic heterocycles. The van der Waals surface area contributed by atoms with Crippen molar-refractivity contribution in [3.63, 3.8) is 0 Å². The van der Waals surface area contributed by atoms with E-state index in [-0.39, 0.29) is 6.54 Å². The number of carboxylic acid groups (broad SMARTS) is 1. The number of hydrogen-bond donors (Lipinski definition) is 2. The molecule has 0 saturated heterocycles. The van der Waals surface area contributed by atoms with Gasteiger partial charge in [-0.15, -0.1) is 0 Å². The third kappa shape index (κ3) is 5.34. The fraction of sp³-hybridized carbons (Fsp3) is 0.294. The van der Waals surface area contributed by atoms with E-state index in [1.807, 2.05) is 6.26 Å². The highest BCUT2D eigenvalue weighted by atomic mass is 35.5. The number of benzene rings is 1. The van der Waals surface area contributed by atoms with Crippen LogP contribution >= 0.6 is 23.4 Å². The number of thioether (sulfide) groups is 1. The monoisotopic (exact) mass is 395 g/mol. The van der Waals surface area contributed by atoms with Crippen LogP contribution < -0.4 is 10.9 Å². The standard InChI is InChI=1S/C17H18ClN3O4S/c1-26-9-8-14(17(24)25)19-15(22)10-21-16(23)7-6-13(20-21)11-4-2-3-5-12(11)18/h2-7,14H,8-10H2,1H3,(H,19,22)(H,24,25). The first-order valence-electron chi connectivity index (χ1n) is 7.76. The zero-order valence-electron chi connectivity index (χ0n) is 14.0. The third-order valence-corrected chi connectivity index (χ3v) is 4.53. The maximum absolute atomic E-state index is 12.2. The second kappa shape index (κ2) is 9.40. The molecule has 1 atom stereocenters. The first kappa shape index (κ1) is 20.0. The van der Waals surface area contributed by atoms with E-state index in [1.165, 1.54) is 23.9 Å². The molecule has 0 saturated carbocycles. The molecule has 138 valence electrons.